The molecule has 6 nitrogen and oxygen atoms in total. The lowest BCUT2D eigenvalue weighted by Crippen LogP contribution is -2.37. The summed E-state index contributed by atoms with van der Waals surface area (Å²) in [6.45, 7) is 9.45. The van der Waals surface area contributed by atoms with E-state index in [4.69, 9.17) is 21.4 Å². The van der Waals surface area contributed by atoms with Crippen molar-refractivity contribution in [3.05, 3.63) is 10.7 Å². The van der Waals surface area contributed by atoms with Crippen molar-refractivity contribution in [1.29, 1.82) is 0 Å². The maximum absolute atomic E-state index is 11.8. The van der Waals surface area contributed by atoms with Crippen LogP contribution in [0.25, 0.3) is 0 Å². The van der Waals surface area contributed by atoms with Crippen LogP contribution in [0.1, 0.15) is 53.0 Å². The van der Waals surface area contributed by atoms with E-state index in [-0.39, 0.29) is 16.8 Å². The Balaban J connectivity index is 2.82. The molecule has 0 spiro atoms. The lowest BCUT2D eigenvalue weighted by atomic mass is 9.99. The minimum Gasteiger partial charge on any atom is -0.444 e. The summed E-state index contributed by atoms with van der Waals surface area (Å²) in [6, 6.07) is -0.368. The Morgan fingerprint density at radius 2 is 2.21 bits per heavy atom. The average Bonchev–Trinajstić information content (AvgIpc) is 2.69. The first kappa shape index (κ1) is 15.7. The molecule has 0 radical (unpaired) electrons. The predicted octanol–water partition coefficient (Wildman–Crippen LogP) is 3.34. The Labute approximate surface area is 117 Å². The summed E-state index contributed by atoms with van der Waals surface area (Å²) in [4.78, 5) is 12.0. The van der Waals surface area contributed by atoms with E-state index >= 15 is 0 Å². The second-order valence-corrected chi connectivity index (χ2v) is 5.83. The molecule has 0 aliphatic carbocycles. The summed E-state index contributed by atoms with van der Waals surface area (Å²) in [6.07, 6.45) is 0.359. The lowest BCUT2D eigenvalue weighted by molar-refractivity contribution is 0.0475. The Kier molecular flexibility index (Phi) is 5.11. The van der Waals surface area contributed by atoms with Gasteiger partial charge in [-0.25, -0.2) is 9.89 Å². The third-order valence-corrected chi connectivity index (χ3v) is 2.78. The number of H-pyrrole nitrogens is 1. The highest BCUT2D eigenvalue weighted by atomic mass is 32.1. The molecule has 0 saturated heterocycles. The van der Waals surface area contributed by atoms with Crippen LogP contribution in [0.2, 0.25) is 0 Å². The number of aromatic nitrogens is 2. The first-order chi connectivity index (χ1) is 8.73. The van der Waals surface area contributed by atoms with Crippen LogP contribution < -0.4 is 5.32 Å². The van der Waals surface area contributed by atoms with Crippen molar-refractivity contribution in [2.75, 3.05) is 0 Å². The standard InChI is InChI=1S/C12H21N3O3S/c1-6-7(2)8(9-14-15-11(19)17-9)13-10(16)18-12(3,4)5/h7-8H,6H2,1-5H3,(H,13,16)(H,15,19)/t7?,8-/m0/s1. The summed E-state index contributed by atoms with van der Waals surface area (Å²) in [5.41, 5.74) is -0.546. The van der Waals surface area contributed by atoms with Crippen LogP contribution in [-0.2, 0) is 4.74 Å². The van der Waals surface area contributed by atoms with Crippen molar-refractivity contribution in [2.24, 2.45) is 5.92 Å². The second-order valence-electron chi connectivity index (χ2n) is 5.46. The molecule has 19 heavy (non-hydrogen) atoms. The van der Waals surface area contributed by atoms with Crippen LogP contribution in [-0.4, -0.2) is 21.9 Å². The Hall–Kier alpha value is -1.37. The van der Waals surface area contributed by atoms with Crippen LogP contribution in [0, 0.1) is 10.8 Å². The molecular weight excluding hydrogens is 266 g/mol. The number of nitrogens with one attached hydrogen (secondary N) is 2. The van der Waals surface area contributed by atoms with Crippen molar-refractivity contribution >= 4 is 18.3 Å². The van der Waals surface area contributed by atoms with Crippen LogP contribution in [0.4, 0.5) is 4.79 Å². The maximum atomic E-state index is 11.8. The highest BCUT2D eigenvalue weighted by Crippen LogP contribution is 2.23. The third-order valence-electron chi connectivity index (χ3n) is 2.61. The molecule has 1 aromatic rings. The van der Waals surface area contributed by atoms with E-state index in [1.807, 2.05) is 34.6 Å². The molecule has 0 aromatic carbocycles. The van der Waals surface area contributed by atoms with Crippen molar-refractivity contribution in [3.63, 3.8) is 0 Å². The zero-order valence-corrected chi connectivity index (χ0v) is 12.8. The SMILES string of the molecule is CCC(C)[C@H](NC(=O)OC(C)(C)C)c1n[nH]c(=S)o1. The van der Waals surface area contributed by atoms with Crippen molar-refractivity contribution in [3.8, 4) is 0 Å². The number of ether oxygens (including phenoxy) is 1. The molecule has 0 saturated carbocycles. The van der Waals surface area contributed by atoms with Crippen LogP contribution in [0.5, 0.6) is 0 Å². The molecular formula is C12H21N3O3S. The smallest absolute Gasteiger partial charge is 0.408 e. The van der Waals surface area contributed by atoms with Crippen LogP contribution in [0.3, 0.4) is 0 Å². The highest BCUT2D eigenvalue weighted by molar-refractivity contribution is 7.71. The van der Waals surface area contributed by atoms with Crippen molar-refractivity contribution < 1.29 is 13.9 Å². The minimum absolute atomic E-state index is 0.147. The number of carbonyl (C=O) groups excluding carboxylic acids is 1. The summed E-state index contributed by atoms with van der Waals surface area (Å²) < 4.78 is 10.5. The van der Waals surface area contributed by atoms with Gasteiger partial charge in [0.05, 0.1) is 0 Å². The van der Waals surface area contributed by atoms with Gasteiger partial charge in [-0.05, 0) is 38.9 Å². The average molecular weight is 287 g/mol. The monoisotopic (exact) mass is 287 g/mol. The van der Waals surface area contributed by atoms with Gasteiger partial charge in [0.25, 0.3) is 4.84 Å². The molecule has 1 amide bonds. The molecule has 0 aliphatic heterocycles. The molecule has 2 N–H and O–H groups in total. The first-order valence-electron chi connectivity index (χ1n) is 6.28. The third kappa shape index (κ3) is 5.02. The van der Waals surface area contributed by atoms with Gasteiger partial charge < -0.3 is 14.5 Å². The van der Waals surface area contributed by atoms with Gasteiger partial charge in [-0.3, -0.25) is 0 Å². The summed E-state index contributed by atoms with van der Waals surface area (Å²) in [5.74, 6) is 0.513. The fourth-order valence-electron chi connectivity index (χ4n) is 1.49. The molecule has 0 fully saturated rings. The van der Waals surface area contributed by atoms with E-state index < -0.39 is 11.7 Å². The van der Waals surface area contributed by atoms with E-state index in [2.05, 4.69) is 15.5 Å². The largest absolute Gasteiger partial charge is 0.444 e. The second kappa shape index (κ2) is 6.18. The number of aromatic amines is 1. The number of rotatable bonds is 4. The zero-order chi connectivity index (χ0) is 14.6. The first-order valence-corrected chi connectivity index (χ1v) is 6.68. The molecule has 7 heteroatoms. The Bertz CT molecular complexity index is 475. The molecule has 0 bridgehead atoms. The Morgan fingerprint density at radius 3 is 2.63 bits per heavy atom. The number of carbonyl (C=O) groups is 1. The van der Waals surface area contributed by atoms with Gasteiger partial charge in [-0.1, -0.05) is 20.3 Å². The van der Waals surface area contributed by atoms with E-state index in [9.17, 15) is 4.79 Å². The minimum atomic E-state index is -0.546. The quantitative estimate of drug-likeness (QED) is 0.830. The number of hydrogen-bond acceptors (Lipinski definition) is 5. The summed E-state index contributed by atoms with van der Waals surface area (Å²) in [7, 11) is 0. The molecule has 108 valence electrons. The molecule has 1 heterocycles. The number of hydrogen-bond donors (Lipinski definition) is 2. The zero-order valence-electron chi connectivity index (χ0n) is 11.9. The Morgan fingerprint density at radius 1 is 1.58 bits per heavy atom. The maximum Gasteiger partial charge on any atom is 0.408 e. The summed E-state index contributed by atoms with van der Waals surface area (Å²) in [5, 5.41) is 9.29. The van der Waals surface area contributed by atoms with E-state index in [1.54, 1.807) is 0 Å². The van der Waals surface area contributed by atoms with Crippen LogP contribution >= 0.6 is 12.2 Å². The van der Waals surface area contributed by atoms with Gasteiger partial charge >= 0.3 is 6.09 Å². The molecule has 2 atom stereocenters. The topological polar surface area (TPSA) is 80.1 Å². The van der Waals surface area contributed by atoms with Gasteiger partial charge in [0, 0.05) is 0 Å². The van der Waals surface area contributed by atoms with Crippen LogP contribution in [0.15, 0.2) is 4.42 Å². The van der Waals surface area contributed by atoms with Gasteiger partial charge in [0.1, 0.15) is 11.6 Å². The van der Waals surface area contributed by atoms with E-state index in [1.165, 1.54) is 0 Å². The lowest BCUT2D eigenvalue weighted by Gasteiger charge is -2.24. The van der Waals surface area contributed by atoms with Gasteiger partial charge in [-0.2, -0.15) is 0 Å². The molecule has 1 unspecified atom stereocenters. The fraction of sp³-hybridized carbons (Fsp3) is 0.750. The normalized spacial score (nSPS) is 14.8. The molecule has 1 aromatic heterocycles. The highest BCUT2D eigenvalue weighted by Gasteiger charge is 2.27. The number of alkyl carbamates (subject to hydrolysis) is 1. The van der Waals surface area contributed by atoms with Gasteiger partial charge in [0.2, 0.25) is 5.89 Å². The molecule has 0 aliphatic rings. The molecule has 1 rings (SSSR count). The van der Waals surface area contributed by atoms with E-state index in [0.29, 0.717) is 5.89 Å². The van der Waals surface area contributed by atoms with Crippen molar-refractivity contribution in [1.82, 2.24) is 15.5 Å². The number of amides is 1. The summed E-state index contributed by atoms with van der Waals surface area (Å²) >= 11 is 4.85. The van der Waals surface area contributed by atoms with Gasteiger partial charge in [-0.15, -0.1) is 5.10 Å². The van der Waals surface area contributed by atoms with Crippen molar-refractivity contribution in [2.45, 2.75) is 52.7 Å². The van der Waals surface area contributed by atoms with Gasteiger partial charge in [0.15, 0.2) is 0 Å². The number of nitrogens with zero attached hydrogens (tertiary/aromatic N) is 1. The predicted molar refractivity (Wildman–Crippen MR) is 73.3 cm³/mol. The van der Waals surface area contributed by atoms with E-state index in [0.717, 1.165) is 6.42 Å². The fourth-order valence-corrected chi connectivity index (χ4v) is 1.62.